The van der Waals surface area contributed by atoms with Crippen LogP contribution in [-0.2, 0) is 0 Å². The second-order valence-electron chi connectivity index (χ2n) is 17.2. The van der Waals surface area contributed by atoms with E-state index in [4.69, 9.17) is 0 Å². The molecule has 14 aromatic rings. The summed E-state index contributed by atoms with van der Waals surface area (Å²) in [4.78, 5) is 15.3. The molecule has 0 aliphatic carbocycles. The van der Waals surface area contributed by atoms with Crippen LogP contribution >= 0.6 is 0 Å². The van der Waals surface area contributed by atoms with Gasteiger partial charge in [0.25, 0.3) is 0 Å². The number of para-hydroxylation sites is 8. The molecule has 298 valence electrons. The SMILES string of the molecule is c1ccc2c(c1)[nH]c1c(-c3cc(-c4cc(-c5cccc6c5[nH]c5ccccc56)cc(-c5cccc6c5[nH]c5ccccc56)c4)cc(-c4cccc5c4[nH]c4ccccc45)c3)cccc12. The number of rotatable bonds is 5. The minimum Gasteiger partial charge on any atom is -0.354 e. The highest BCUT2D eigenvalue weighted by Crippen LogP contribution is 2.44. The number of H-pyrrole nitrogens is 4. The molecule has 0 amide bonds. The van der Waals surface area contributed by atoms with Gasteiger partial charge in [0, 0.05) is 87.4 Å². The molecule has 4 N–H and O–H groups in total. The molecule has 14 rings (SSSR count). The minimum atomic E-state index is 1.14. The quantitative estimate of drug-likeness (QED) is 0.134. The Morgan fingerprint density at radius 1 is 0.188 bits per heavy atom. The summed E-state index contributed by atoms with van der Waals surface area (Å²) in [6.07, 6.45) is 0. The average molecular weight is 815 g/mol. The Morgan fingerprint density at radius 3 is 0.672 bits per heavy atom. The third-order valence-corrected chi connectivity index (χ3v) is 13.6. The lowest BCUT2D eigenvalue weighted by Crippen LogP contribution is -1.91. The van der Waals surface area contributed by atoms with Crippen molar-refractivity contribution in [2.24, 2.45) is 0 Å². The van der Waals surface area contributed by atoms with Crippen LogP contribution < -0.4 is 0 Å². The summed E-state index contributed by atoms with van der Waals surface area (Å²) in [5.74, 6) is 0. The van der Waals surface area contributed by atoms with Gasteiger partial charge in [-0.1, -0.05) is 146 Å². The topological polar surface area (TPSA) is 63.2 Å². The van der Waals surface area contributed by atoms with Gasteiger partial charge >= 0.3 is 0 Å². The number of nitrogens with one attached hydrogen (secondary N) is 4. The summed E-state index contributed by atoms with van der Waals surface area (Å²) in [6.45, 7) is 0. The summed E-state index contributed by atoms with van der Waals surface area (Å²) < 4.78 is 0. The van der Waals surface area contributed by atoms with Crippen LogP contribution in [0.15, 0.2) is 206 Å². The first-order chi connectivity index (χ1) is 31.7. The van der Waals surface area contributed by atoms with E-state index in [9.17, 15) is 0 Å². The number of fused-ring (bicyclic) bond motifs is 12. The molecule has 0 aliphatic rings. The van der Waals surface area contributed by atoms with E-state index >= 15 is 0 Å². The van der Waals surface area contributed by atoms with Crippen molar-refractivity contribution in [3.8, 4) is 55.6 Å². The van der Waals surface area contributed by atoms with Gasteiger partial charge in [-0.25, -0.2) is 0 Å². The molecule has 0 saturated heterocycles. The molecule has 0 atom stereocenters. The summed E-state index contributed by atoms with van der Waals surface area (Å²) in [5.41, 5.74) is 20.7. The van der Waals surface area contributed by atoms with Crippen molar-refractivity contribution in [2.75, 3.05) is 0 Å². The normalized spacial score (nSPS) is 12.1. The molecule has 0 fully saturated rings. The van der Waals surface area contributed by atoms with E-state index < -0.39 is 0 Å². The Labute approximate surface area is 367 Å². The van der Waals surface area contributed by atoms with Crippen molar-refractivity contribution in [1.29, 1.82) is 0 Å². The van der Waals surface area contributed by atoms with Crippen LogP contribution in [0.3, 0.4) is 0 Å². The van der Waals surface area contributed by atoms with Crippen LogP contribution in [0.1, 0.15) is 0 Å². The van der Waals surface area contributed by atoms with E-state index in [0.717, 1.165) is 77.5 Å². The van der Waals surface area contributed by atoms with Crippen molar-refractivity contribution in [2.45, 2.75) is 0 Å². The predicted molar refractivity (Wildman–Crippen MR) is 271 cm³/mol. The van der Waals surface area contributed by atoms with Crippen LogP contribution in [0.5, 0.6) is 0 Å². The summed E-state index contributed by atoms with van der Waals surface area (Å²) >= 11 is 0. The van der Waals surface area contributed by atoms with Gasteiger partial charge in [-0.15, -0.1) is 0 Å². The molecule has 4 aromatic heterocycles. The molecule has 4 nitrogen and oxygen atoms in total. The molecular formula is C60H38N4. The lowest BCUT2D eigenvalue weighted by Gasteiger charge is -2.16. The van der Waals surface area contributed by atoms with Gasteiger partial charge in [-0.2, -0.15) is 0 Å². The standard InChI is InChI=1S/C60H38N4/c1-5-25-53-45(13-1)49-21-9-17-41(57(49)61-53)37-29-35(30-38(33-37)42-18-10-22-50-46-14-2-6-26-54(46)62-58(42)50)36-31-39(43-19-11-23-51-47-15-3-7-27-55(47)63-59(43)51)34-40(32-36)44-20-12-24-52-48-16-4-8-28-56(48)64-60(44)52/h1-34,61-64H. The predicted octanol–water partition coefficient (Wildman–Crippen LogP) is 16.6. The minimum absolute atomic E-state index is 1.14. The molecule has 4 heteroatoms. The van der Waals surface area contributed by atoms with Gasteiger partial charge in [0.2, 0.25) is 0 Å². The Kier molecular flexibility index (Phi) is 7.36. The largest absolute Gasteiger partial charge is 0.354 e. The number of aromatic amines is 4. The third-order valence-electron chi connectivity index (χ3n) is 13.6. The Hall–Kier alpha value is -8.60. The summed E-state index contributed by atoms with van der Waals surface area (Å²) in [6, 6.07) is 75.6. The van der Waals surface area contributed by atoms with Crippen molar-refractivity contribution in [3.05, 3.63) is 206 Å². The maximum Gasteiger partial charge on any atom is 0.0544 e. The van der Waals surface area contributed by atoms with Crippen molar-refractivity contribution >= 4 is 87.2 Å². The summed E-state index contributed by atoms with van der Waals surface area (Å²) in [7, 11) is 0. The third kappa shape index (κ3) is 5.23. The van der Waals surface area contributed by atoms with Crippen molar-refractivity contribution in [1.82, 2.24) is 19.9 Å². The Balaban J connectivity index is 1.07. The first-order valence-electron chi connectivity index (χ1n) is 22.0. The highest BCUT2D eigenvalue weighted by molar-refractivity contribution is 6.16. The zero-order valence-corrected chi connectivity index (χ0v) is 34.6. The van der Waals surface area contributed by atoms with Crippen LogP contribution in [0.25, 0.3) is 143 Å². The van der Waals surface area contributed by atoms with Crippen LogP contribution in [0, 0.1) is 0 Å². The first-order valence-corrected chi connectivity index (χ1v) is 22.0. The fraction of sp³-hybridized carbons (Fsp3) is 0. The molecule has 64 heavy (non-hydrogen) atoms. The first kappa shape index (κ1) is 35.0. The number of benzene rings is 10. The van der Waals surface area contributed by atoms with Crippen LogP contribution in [0.2, 0.25) is 0 Å². The van der Waals surface area contributed by atoms with Crippen molar-refractivity contribution in [3.63, 3.8) is 0 Å². The second kappa shape index (κ2) is 13.4. The fourth-order valence-electron chi connectivity index (χ4n) is 10.7. The maximum atomic E-state index is 3.81. The zero-order valence-electron chi connectivity index (χ0n) is 34.6. The van der Waals surface area contributed by atoms with E-state index in [1.807, 2.05) is 0 Å². The maximum absolute atomic E-state index is 3.81. The summed E-state index contributed by atoms with van der Waals surface area (Å²) in [5, 5.41) is 9.81. The Bertz CT molecular complexity index is 3670. The average Bonchev–Trinajstić information content (AvgIpc) is 4.14. The molecule has 0 radical (unpaired) electrons. The Morgan fingerprint density at radius 2 is 0.406 bits per heavy atom. The molecule has 0 saturated carbocycles. The molecule has 0 aliphatic heterocycles. The van der Waals surface area contributed by atoms with E-state index in [1.165, 1.54) is 65.3 Å². The second-order valence-corrected chi connectivity index (χ2v) is 17.2. The smallest absolute Gasteiger partial charge is 0.0544 e. The monoisotopic (exact) mass is 814 g/mol. The van der Waals surface area contributed by atoms with Gasteiger partial charge in [-0.05, 0) is 94.0 Å². The van der Waals surface area contributed by atoms with Crippen LogP contribution in [0.4, 0.5) is 0 Å². The van der Waals surface area contributed by atoms with E-state index in [-0.39, 0.29) is 0 Å². The molecular weight excluding hydrogens is 777 g/mol. The van der Waals surface area contributed by atoms with E-state index in [1.54, 1.807) is 0 Å². The molecule has 0 spiro atoms. The van der Waals surface area contributed by atoms with E-state index in [2.05, 4.69) is 226 Å². The zero-order chi connectivity index (χ0) is 41.9. The van der Waals surface area contributed by atoms with Gasteiger partial charge in [-0.3, -0.25) is 0 Å². The molecule has 0 unspecified atom stereocenters. The highest BCUT2D eigenvalue weighted by atomic mass is 14.7. The van der Waals surface area contributed by atoms with Gasteiger partial charge in [0.1, 0.15) is 0 Å². The van der Waals surface area contributed by atoms with E-state index in [0.29, 0.717) is 0 Å². The van der Waals surface area contributed by atoms with Gasteiger partial charge in [0.15, 0.2) is 0 Å². The van der Waals surface area contributed by atoms with Gasteiger partial charge < -0.3 is 19.9 Å². The fourth-order valence-corrected chi connectivity index (χ4v) is 10.7. The lowest BCUT2D eigenvalue weighted by atomic mass is 9.88. The molecule has 0 bridgehead atoms. The number of hydrogen-bond acceptors (Lipinski definition) is 0. The van der Waals surface area contributed by atoms with Crippen LogP contribution in [-0.4, -0.2) is 19.9 Å². The van der Waals surface area contributed by atoms with Gasteiger partial charge in [0.05, 0.1) is 22.1 Å². The number of hydrogen-bond donors (Lipinski definition) is 4. The molecule has 4 heterocycles. The van der Waals surface area contributed by atoms with Crippen molar-refractivity contribution < 1.29 is 0 Å². The lowest BCUT2D eigenvalue weighted by molar-refractivity contribution is 1.51. The molecule has 10 aromatic carbocycles. The number of aromatic nitrogens is 4. The highest BCUT2D eigenvalue weighted by Gasteiger charge is 2.19.